The third-order valence-electron chi connectivity index (χ3n) is 6.11. The number of ether oxygens (including phenoxy) is 2. The van der Waals surface area contributed by atoms with E-state index in [1.165, 1.54) is 5.56 Å². The van der Waals surface area contributed by atoms with Crippen LogP contribution in [0.3, 0.4) is 0 Å². The zero-order valence-electron chi connectivity index (χ0n) is 17.3. The van der Waals surface area contributed by atoms with Gasteiger partial charge in [-0.05, 0) is 57.2 Å². The van der Waals surface area contributed by atoms with Gasteiger partial charge >= 0.3 is 0 Å². The number of aliphatic hydroxyl groups is 1. The maximum absolute atomic E-state index is 11.3. The number of methoxy groups -OCH3 is 1. The van der Waals surface area contributed by atoms with Crippen LogP contribution in [0, 0.1) is 0 Å². The smallest absolute Gasteiger partial charge is 0.161 e. The summed E-state index contributed by atoms with van der Waals surface area (Å²) in [4.78, 5) is 6.99. The Balaban J connectivity index is 1.51. The highest BCUT2D eigenvalue weighted by atomic mass is 16.5. The maximum Gasteiger partial charge on any atom is 0.161 e. The van der Waals surface area contributed by atoms with Crippen molar-refractivity contribution in [2.24, 2.45) is 7.05 Å². The molecule has 6 heteroatoms. The van der Waals surface area contributed by atoms with Crippen molar-refractivity contribution in [3.63, 3.8) is 0 Å². The third-order valence-corrected chi connectivity index (χ3v) is 6.11. The van der Waals surface area contributed by atoms with E-state index >= 15 is 0 Å². The van der Waals surface area contributed by atoms with Gasteiger partial charge in [-0.3, -0.25) is 4.90 Å². The molecule has 6 nitrogen and oxygen atoms in total. The molecule has 0 amide bonds. The topological polar surface area (TPSA) is 59.8 Å². The van der Waals surface area contributed by atoms with Crippen LogP contribution in [-0.4, -0.2) is 44.9 Å². The van der Waals surface area contributed by atoms with Gasteiger partial charge in [-0.1, -0.05) is 6.07 Å². The average molecular weight is 386 g/mol. The van der Waals surface area contributed by atoms with E-state index in [1.54, 1.807) is 13.3 Å². The van der Waals surface area contributed by atoms with Gasteiger partial charge in [0.15, 0.2) is 11.5 Å². The summed E-state index contributed by atoms with van der Waals surface area (Å²) in [7, 11) is 3.64. The summed E-state index contributed by atoms with van der Waals surface area (Å²) >= 11 is 0. The molecule has 0 radical (unpaired) electrons. The highest BCUT2D eigenvalue weighted by Gasteiger charge is 2.49. The van der Waals surface area contributed by atoms with Crippen LogP contribution < -0.4 is 9.47 Å². The Hall–Kier alpha value is -2.05. The van der Waals surface area contributed by atoms with Gasteiger partial charge in [0.05, 0.1) is 13.2 Å². The lowest BCUT2D eigenvalue weighted by Gasteiger charge is -2.43. The molecule has 0 aliphatic carbocycles. The van der Waals surface area contributed by atoms with E-state index in [1.807, 2.05) is 37.7 Å². The summed E-state index contributed by atoms with van der Waals surface area (Å²) in [5.74, 6) is 2.35. The molecule has 2 aliphatic heterocycles. The first kappa shape index (κ1) is 19.3. The van der Waals surface area contributed by atoms with E-state index in [-0.39, 0.29) is 6.10 Å². The summed E-state index contributed by atoms with van der Waals surface area (Å²) in [6.45, 7) is 4.90. The van der Waals surface area contributed by atoms with Crippen molar-refractivity contribution >= 4 is 0 Å². The molecule has 3 heterocycles. The van der Waals surface area contributed by atoms with Crippen molar-refractivity contribution in [2.45, 2.75) is 69.9 Å². The number of nitrogens with zero attached hydrogens (tertiary/aromatic N) is 3. The number of hydrogen-bond acceptors (Lipinski definition) is 5. The van der Waals surface area contributed by atoms with E-state index in [2.05, 4.69) is 22.0 Å². The number of aromatic nitrogens is 2. The molecule has 152 valence electrons. The molecule has 2 aromatic rings. The lowest BCUT2D eigenvalue weighted by Crippen LogP contribution is -2.50. The van der Waals surface area contributed by atoms with E-state index in [0.29, 0.717) is 12.1 Å². The zero-order valence-corrected chi connectivity index (χ0v) is 17.3. The zero-order chi connectivity index (χ0) is 19.9. The lowest BCUT2D eigenvalue weighted by atomic mass is 9.85. The van der Waals surface area contributed by atoms with E-state index in [0.717, 1.165) is 49.6 Å². The number of rotatable bonds is 6. The van der Waals surface area contributed by atoms with E-state index in [4.69, 9.17) is 9.47 Å². The summed E-state index contributed by atoms with van der Waals surface area (Å²) in [6, 6.07) is 6.95. The van der Waals surface area contributed by atoms with Crippen molar-refractivity contribution in [3.05, 3.63) is 42.0 Å². The predicted octanol–water partition coefficient (Wildman–Crippen LogP) is 3.23. The molecule has 3 atom stereocenters. The minimum absolute atomic E-state index is 0.112. The quantitative estimate of drug-likeness (QED) is 0.827. The standard InChI is InChI=1S/C22H31N3O3/c1-15(2)28-19-8-5-16(11-20(19)27-4)14-25-17-6-7-18(25)13-22(26,12-17)21-23-9-10-24(21)3/h5,8-11,15,17-18,26H,6-7,12-14H2,1-4H3/t17-,18+,22?. The van der Waals surface area contributed by atoms with Gasteiger partial charge in [-0.15, -0.1) is 0 Å². The number of imidazole rings is 1. The largest absolute Gasteiger partial charge is 0.493 e. The van der Waals surface area contributed by atoms with E-state index in [9.17, 15) is 5.11 Å². The van der Waals surface area contributed by atoms with Crippen LogP contribution in [0.2, 0.25) is 0 Å². The van der Waals surface area contributed by atoms with Crippen molar-refractivity contribution in [1.29, 1.82) is 0 Å². The average Bonchev–Trinajstić information content (AvgIpc) is 3.18. The molecular weight excluding hydrogens is 354 g/mol. The second-order valence-corrected chi connectivity index (χ2v) is 8.51. The van der Waals surface area contributed by atoms with Gasteiger partial charge in [-0.2, -0.15) is 0 Å². The second-order valence-electron chi connectivity index (χ2n) is 8.51. The lowest BCUT2D eigenvalue weighted by molar-refractivity contribution is -0.0669. The summed E-state index contributed by atoms with van der Waals surface area (Å²) in [5.41, 5.74) is 0.389. The first-order valence-corrected chi connectivity index (χ1v) is 10.2. The van der Waals surface area contributed by atoms with Gasteiger partial charge in [0, 0.05) is 38.1 Å². The Morgan fingerprint density at radius 1 is 1.21 bits per heavy atom. The number of piperidine rings is 1. The molecule has 0 saturated carbocycles. The molecule has 2 fully saturated rings. The molecule has 1 unspecified atom stereocenters. The van der Waals surface area contributed by atoms with Crippen LogP contribution in [0.5, 0.6) is 11.5 Å². The highest BCUT2D eigenvalue weighted by molar-refractivity contribution is 5.43. The number of hydrogen-bond donors (Lipinski definition) is 1. The Labute approximate surface area is 167 Å². The minimum atomic E-state index is -0.826. The van der Waals surface area contributed by atoms with Crippen molar-refractivity contribution in [3.8, 4) is 11.5 Å². The first-order valence-electron chi connectivity index (χ1n) is 10.2. The van der Waals surface area contributed by atoms with Gasteiger partial charge in [0.1, 0.15) is 11.4 Å². The van der Waals surface area contributed by atoms with Crippen LogP contribution in [-0.2, 0) is 19.2 Å². The second kappa shape index (κ2) is 7.41. The molecule has 0 spiro atoms. The fourth-order valence-corrected chi connectivity index (χ4v) is 4.94. The minimum Gasteiger partial charge on any atom is -0.493 e. The summed E-state index contributed by atoms with van der Waals surface area (Å²) in [6.07, 6.45) is 7.52. The molecule has 28 heavy (non-hydrogen) atoms. The van der Waals surface area contributed by atoms with Crippen molar-refractivity contribution in [1.82, 2.24) is 14.5 Å². The molecular formula is C22H31N3O3. The molecule has 1 N–H and O–H groups in total. The van der Waals surface area contributed by atoms with Crippen molar-refractivity contribution in [2.75, 3.05) is 7.11 Å². The number of aryl methyl sites for hydroxylation is 1. The fraction of sp³-hybridized carbons (Fsp3) is 0.591. The van der Waals surface area contributed by atoms with Gasteiger partial charge in [0.2, 0.25) is 0 Å². The Morgan fingerprint density at radius 2 is 1.93 bits per heavy atom. The summed E-state index contributed by atoms with van der Waals surface area (Å²) in [5, 5.41) is 11.3. The molecule has 4 rings (SSSR count). The summed E-state index contributed by atoms with van der Waals surface area (Å²) < 4.78 is 13.3. The predicted molar refractivity (Wildman–Crippen MR) is 107 cm³/mol. The first-order chi connectivity index (χ1) is 13.4. The van der Waals surface area contributed by atoms with Crippen molar-refractivity contribution < 1.29 is 14.6 Å². The Bertz CT molecular complexity index is 818. The fourth-order valence-electron chi connectivity index (χ4n) is 4.94. The molecule has 1 aromatic carbocycles. The SMILES string of the molecule is COc1cc(CN2[C@@H]3CC[C@H]2CC(O)(c2nccn2C)C3)ccc1OC(C)C. The Kier molecular flexibility index (Phi) is 5.10. The number of fused-ring (bicyclic) bond motifs is 2. The van der Waals surface area contributed by atoms with Gasteiger partial charge in [-0.25, -0.2) is 4.98 Å². The number of benzene rings is 1. The highest BCUT2D eigenvalue weighted by Crippen LogP contribution is 2.46. The molecule has 2 saturated heterocycles. The van der Waals surface area contributed by atoms with Crippen LogP contribution in [0.25, 0.3) is 0 Å². The monoisotopic (exact) mass is 385 g/mol. The molecule has 2 aliphatic rings. The van der Waals surface area contributed by atoms with Gasteiger partial charge < -0.3 is 19.1 Å². The van der Waals surface area contributed by atoms with Crippen LogP contribution in [0.15, 0.2) is 30.6 Å². The van der Waals surface area contributed by atoms with Crippen LogP contribution >= 0.6 is 0 Å². The molecule has 2 bridgehead atoms. The van der Waals surface area contributed by atoms with Crippen LogP contribution in [0.4, 0.5) is 0 Å². The Morgan fingerprint density at radius 3 is 2.50 bits per heavy atom. The van der Waals surface area contributed by atoms with Crippen LogP contribution in [0.1, 0.15) is 50.9 Å². The maximum atomic E-state index is 11.3. The normalized spacial score (nSPS) is 27.4. The third kappa shape index (κ3) is 3.51. The molecule has 1 aromatic heterocycles. The van der Waals surface area contributed by atoms with Gasteiger partial charge in [0.25, 0.3) is 0 Å². The van der Waals surface area contributed by atoms with E-state index < -0.39 is 5.60 Å².